The van der Waals surface area contributed by atoms with Gasteiger partial charge in [-0.3, -0.25) is 4.79 Å². The molecule has 1 amide bonds. The Kier molecular flexibility index (Phi) is 4.47. The summed E-state index contributed by atoms with van der Waals surface area (Å²) < 4.78 is 12.5. The molecule has 6 heteroatoms. The fourth-order valence-corrected chi connectivity index (χ4v) is 2.41. The number of fused-ring (bicyclic) bond motifs is 1. The van der Waals surface area contributed by atoms with Crippen molar-refractivity contribution in [3.05, 3.63) is 36.2 Å². The molecule has 1 unspecified atom stereocenters. The van der Waals surface area contributed by atoms with Gasteiger partial charge in [0.15, 0.2) is 0 Å². The number of rotatable bonds is 6. The quantitative estimate of drug-likeness (QED) is 0.809. The Bertz CT molecular complexity index is 605. The lowest BCUT2D eigenvalue weighted by atomic mass is 10.1. The van der Waals surface area contributed by atoms with Crippen molar-refractivity contribution in [2.24, 2.45) is 5.92 Å². The van der Waals surface area contributed by atoms with Crippen LogP contribution in [0.25, 0.3) is 5.52 Å². The van der Waals surface area contributed by atoms with Crippen LogP contribution in [-0.4, -0.2) is 48.5 Å². The predicted octanol–water partition coefficient (Wildman–Crippen LogP) is 1.12. The first kappa shape index (κ1) is 14.0. The van der Waals surface area contributed by atoms with Gasteiger partial charge in [0.05, 0.1) is 31.5 Å². The molecule has 112 valence electrons. The van der Waals surface area contributed by atoms with Crippen LogP contribution in [0.15, 0.2) is 30.5 Å². The Labute approximate surface area is 123 Å². The number of aromatic nitrogens is 2. The summed E-state index contributed by atoms with van der Waals surface area (Å²) in [5.74, 6) is 0.357. The van der Waals surface area contributed by atoms with E-state index in [-0.39, 0.29) is 5.91 Å². The van der Waals surface area contributed by atoms with E-state index in [4.69, 9.17) is 9.47 Å². The highest BCUT2D eigenvalue weighted by Gasteiger charge is 2.15. The fraction of sp³-hybridized carbons (Fsp3) is 0.467. The third-order valence-corrected chi connectivity index (χ3v) is 3.56. The topological polar surface area (TPSA) is 64.9 Å². The molecule has 1 saturated heterocycles. The molecule has 1 N–H and O–H groups in total. The van der Waals surface area contributed by atoms with Gasteiger partial charge in [0.1, 0.15) is 5.69 Å². The Morgan fingerprint density at radius 1 is 1.48 bits per heavy atom. The lowest BCUT2D eigenvalue weighted by Crippen LogP contribution is -2.29. The molecule has 0 radical (unpaired) electrons. The fourth-order valence-electron chi connectivity index (χ4n) is 2.41. The highest BCUT2D eigenvalue weighted by molar-refractivity contribution is 5.93. The zero-order valence-electron chi connectivity index (χ0n) is 11.8. The average Bonchev–Trinajstić information content (AvgIpc) is 3.17. The second-order valence-corrected chi connectivity index (χ2v) is 5.14. The van der Waals surface area contributed by atoms with Gasteiger partial charge in [-0.1, -0.05) is 6.07 Å². The number of carbonyl (C=O) groups is 1. The number of pyridine rings is 1. The van der Waals surface area contributed by atoms with Crippen LogP contribution >= 0.6 is 0 Å². The zero-order chi connectivity index (χ0) is 14.5. The molecule has 2 aromatic rings. The van der Waals surface area contributed by atoms with Crippen molar-refractivity contribution in [2.45, 2.75) is 6.42 Å². The highest BCUT2D eigenvalue weighted by Crippen LogP contribution is 2.12. The summed E-state index contributed by atoms with van der Waals surface area (Å²) in [7, 11) is 0. The van der Waals surface area contributed by atoms with Gasteiger partial charge in [0.25, 0.3) is 5.91 Å². The molecule has 3 heterocycles. The Morgan fingerprint density at radius 3 is 3.29 bits per heavy atom. The van der Waals surface area contributed by atoms with E-state index in [1.165, 1.54) is 0 Å². The third-order valence-electron chi connectivity index (χ3n) is 3.56. The van der Waals surface area contributed by atoms with E-state index >= 15 is 0 Å². The Balaban J connectivity index is 1.44. The Hall–Kier alpha value is -1.92. The third kappa shape index (κ3) is 3.40. The second kappa shape index (κ2) is 6.69. The first-order valence-electron chi connectivity index (χ1n) is 7.21. The summed E-state index contributed by atoms with van der Waals surface area (Å²) in [6.07, 6.45) is 2.74. The average molecular weight is 289 g/mol. The number of carbonyl (C=O) groups excluding carboxylic acids is 1. The van der Waals surface area contributed by atoms with Crippen molar-refractivity contribution in [1.82, 2.24) is 14.9 Å². The number of hydrogen-bond donors (Lipinski definition) is 1. The van der Waals surface area contributed by atoms with E-state index in [1.807, 2.05) is 18.2 Å². The van der Waals surface area contributed by atoms with Gasteiger partial charge in [0.2, 0.25) is 0 Å². The SMILES string of the molecule is O=C(NCCOCC1CCOC1)c1cccc2ccnn12. The highest BCUT2D eigenvalue weighted by atomic mass is 16.5. The van der Waals surface area contributed by atoms with Crippen LogP contribution < -0.4 is 5.32 Å². The molecule has 1 aliphatic heterocycles. The minimum Gasteiger partial charge on any atom is -0.381 e. The lowest BCUT2D eigenvalue weighted by Gasteiger charge is -2.10. The molecular weight excluding hydrogens is 270 g/mol. The van der Waals surface area contributed by atoms with E-state index < -0.39 is 0 Å². The first-order chi connectivity index (χ1) is 10.3. The van der Waals surface area contributed by atoms with Crippen molar-refractivity contribution in [3.8, 4) is 0 Å². The molecule has 0 bridgehead atoms. The monoisotopic (exact) mass is 289 g/mol. The van der Waals surface area contributed by atoms with Crippen LogP contribution in [0.4, 0.5) is 0 Å². The minimum absolute atomic E-state index is 0.142. The van der Waals surface area contributed by atoms with Gasteiger partial charge in [0, 0.05) is 19.1 Å². The zero-order valence-corrected chi connectivity index (χ0v) is 11.8. The van der Waals surface area contributed by atoms with Crippen LogP contribution in [0.5, 0.6) is 0 Å². The molecule has 1 fully saturated rings. The van der Waals surface area contributed by atoms with Crippen LogP contribution in [0.1, 0.15) is 16.9 Å². The minimum atomic E-state index is -0.142. The van der Waals surface area contributed by atoms with Crippen molar-refractivity contribution in [1.29, 1.82) is 0 Å². The van der Waals surface area contributed by atoms with E-state index in [0.29, 0.717) is 31.4 Å². The Morgan fingerprint density at radius 2 is 2.43 bits per heavy atom. The number of hydrogen-bond acceptors (Lipinski definition) is 4. The summed E-state index contributed by atoms with van der Waals surface area (Å²) >= 11 is 0. The van der Waals surface area contributed by atoms with Crippen molar-refractivity contribution in [2.75, 3.05) is 33.0 Å². The normalized spacial score (nSPS) is 18.2. The molecule has 1 atom stereocenters. The molecule has 0 aliphatic carbocycles. The van der Waals surface area contributed by atoms with Crippen LogP contribution in [0.2, 0.25) is 0 Å². The molecule has 1 aliphatic rings. The molecule has 3 rings (SSSR count). The van der Waals surface area contributed by atoms with Crippen LogP contribution in [0.3, 0.4) is 0 Å². The van der Waals surface area contributed by atoms with E-state index in [9.17, 15) is 4.79 Å². The number of nitrogens with zero attached hydrogens (tertiary/aromatic N) is 2. The maximum Gasteiger partial charge on any atom is 0.270 e. The van der Waals surface area contributed by atoms with Crippen LogP contribution in [0, 0.1) is 5.92 Å². The summed E-state index contributed by atoms with van der Waals surface area (Å²) in [6, 6.07) is 7.38. The van der Waals surface area contributed by atoms with Gasteiger partial charge in [-0.05, 0) is 24.6 Å². The summed E-state index contributed by atoms with van der Waals surface area (Å²) in [6.45, 7) is 3.32. The summed E-state index contributed by atoms with van der Waals surface area (Å²) in [4.78, 5) is 12.1. The standard InChI is InChI=1S/C15H19N3O3/c19-15(14-3-1-2-13-4-6-17-18(13)14)16-7-9-21-11-12-5-8-20-10-12/h1-4,6,12H,5,7-11H2,(H,16,19). The molecule has 0 saturated carbocycles. The number of nitrogens with one attached hydrogen (secondary N) is 1. The maximum absolute atomic E-state index is 12.1. The van der Waals surface area contributed by atoms with E-state index in [2.05, 4.69) is 10.4 Å². The lowest BCUT2D eigenvalue weighted by molar-refractivity contribution is 0.0819. The van der Waals surface area contributed by atoms with Gasteiger partial charge in [-0.25, -0.2) is 4.52 Å². The molecular formula is C15H19N3O3. The molecule has 2 aromatic heterocycles. The molecule has 0 aromatic carbocycles. The van der Waals surface area contributed by atoms with Crippen molar-refractivity contribution in [3.63, 3.8) is 0 Å². The summed E-state index contributed by atoms with van der Waals surface area (Å²) in [5, 5.41) is 7.00. The van der Waals surface area contributed by atoms with Crippen molar-refractivity contribution >= 4 is 11.4 Å². The van der Waals surface area contributed by atoms with Crippen LogP contribution in [-0.2, 0) is 9.47 Å². The van der Waals surface area contributed by atoms with Crippen molar-refractivity contribution < 1.29 is 14.3 Å². The van der Waals surface area contributed by atoms with Gasteiger partial charge in [-0.15, -0.1) is 0 Å². The summed E-state index contributed by atoms with van der Waals surface area (Å²) in [5.41, 5.74) is 1.43. The molecule has 0 spiro atoms. The van der Waals surface area contributed by atoms with Gasteiger partial charge < -0.3 is 14.8 Å². The number of ether oxygens (including phenoxy) is 2. The molecule has 6 nitrogen and oxygen atoms in total. The predicted molar refractivity (Wildman–Crippen MR) is 77.3 cm³/mol. The van der Waals surface area contributed by atoms with E-state index in [0.717, 1.165) is 25.2 Å². The smallest absolute Gasteiger partial charge is 0.270 e. The molecule has 21 heavy (non-hydrogen) atoms. The maximum atomic E-state index is 12.1. The first-order valence-corrected chi connectivity index (χ1v) is 7.21. The van der Waals surface area contributed by atoms with Gasteiger partial charge in [-0.2, -0.15) is 5.10 Å². The van der Waals surface area contributed by atoms with E-state index in [1.54, 1.807) is 16.8 Å². The number of amides is 1. The second-order valence-electron chi connectivity index (χ2n) is 5.14. The van der Waals surface area contributed by atoms with Gasteiger partial charge >= 0.3 is 0 Å². The largest absolute Gasteiger partial charge is 0.381 e.